The van der Waals surface area contributed by atoms with Crippen molar-refractivity contribution in [2.45, 2.75) is 26.5 Å². The van der Waals surface area contributed by atoms with Gasteiger partial charge in [-0.3, -0.25) is 9.36 Å². The Hall–Kier alpha value is -5.16. The predicted octanol–water partition coefficient (Wildman–Crippen LogP) is 4.09. The molecule has 0 radical (unpaired) electrons. The summed E-state index contributed by atoms with van der Waals surface area (Å²) < 4.78 is 24.1. The number of allylic oxidation sites excluding steroid dienone is 1. The van der Waals surface area contributed by atoms with Crippen LogP contribution < -0.4 is 29.1 Å². The van der Waals surface area contributed by atoms with E-state index in [0.717, 1.165) is 11.1 Å². The molecule has 1 atom stereocenters. The molecule has 0 amide bonds. The van der Waals surface area contributed by atoms with Crippen molar-refractivity contribution in [1.82, 2.24) is 4.57 Å². The van der Waals surface area contributed by atoms with Crippen molar-refractivity contribution in [1.29, 1.82) is 0 Å². The zero-order chi connectivity index (χ0) is 31.4. The van der Waals surface area contributed by atoms with Crippen LogP contribution >= 0.6 is 11.3 Å². The molecule has 0 aliphatic carbocycles. The minimum Gasteiger partial charge on any atom is -0.493 e. The van der Waals surface area contributed by atoms with E-state index in [9.17, 15) is 14.4 Å². The van der Waals surface area contributed by atoms with Gasteiger partial charge in [-0.1, -0.05) is 41.7 Å². The summed E-state index contributed by atoms with van der Waals surface area (Å²) in [6.45, 7) is 3.91. The molecule has 1 aliphatic rings. The molecule has 1 aliphatic heterocycles. The first-order valence-electron chi connectivity index (χ1n) is 13.7. The standard InChI is InChI=1S/C33H30N2O8S/c1-5-42-32(39)28-19(2)34-33-35(29(28)23-12-15-25(40-3)26(17-23)41-4)30(36)27(44-33)16-20-8-13-24(14-9-20)43-18-21-6-10-22(11-7-21)31(37)38/h6-17,29H,5,18H2,1-4H3,(H,37,38)/b27-16+/t29-/m1/s1. The minimum atomic E-state index is -0.980. The van der Waals surface area contributed by atoms with Gasteiger partial charge in [0, 0.05) is 0 Å². The lowest BCUT2D eigenvalue weighted by Crippen LogP contribution is -2.39. The molecule has 4 aromatic rings. The Morgan fingerprint density at radius 2 is 1.70 bits per heavy atom. The highest BCUT2D eigenvalue weighted by Crippen LogP contribution is 2.36. The predicted molar refractivity (Wildman–Crippen MR) is 164 cm³/mol. The first kappa shape index (κ1) is 30.3. The van der Waals surface area contributed by atoms with Crippen LogP contribution in [0.3, 0.4) is 0 Å². The van der Waals surface area contributed by atoms with Crippen molar-refractivity contribution in [2.75, 3.05) is 20.8 Å². The number of aromatic nitrogens is 1. The Morgan fingerprint density at radius 1 is 1.00 bits per heavy atom. The van der Waals surface area contributed by atoms with Crippen LogP contribution in [0.25, 0.3) is 6.08 Å². The average molecular weight is 615 g/mol. The van der Waals surface area contributed by atoms with Crippen molar-refractivity contribution < 1.29 is 33.6 Å². The number of thiazole rings is 1. The van der Waals surface area contributed by atoms with Crippen molar-refractivity contribution in [3.05, 3.63) is 120 Å². The van der Waals surface area contributed by atoms with Crippen LogP contribution in [0.15, 0.2) is 87.8 Å². The Balaban J connectivity index is 1.48. The Morgan fingerprint density at radius 3 is 2.34 bits per heavy atom. The van der Waals surface area contributed by atoms with Crippen molar-refractivity contribution in [3.63, 3.8) is 0 Å². The van der Waals surface area contributed by atoms with Crippen LogP contribution in [0.4, 0.5) is 0 Å². The average Bonchev–Trinajstić information content (AvgIpc) is 3.33. The highest BCUT2D eigenvalue weighted by molar-refractivity contribution is 7.07. The molecule has 0 bridgehead atoms. The van der Waals surface area contributed by atoms with E-state index in [0.29, 0.717) is 37.8 Å². The van der Waals surface area contributed by atoms with E-state index in [1.165, 1.54) is 42.3 Å². The summed E-state index contributed by atoms with van der Waals surface area (Å²) >= 11 is 1.23. The number of methoxy groups -OCH3 is 2. The number of ether oxygens (including phenoxy) is 4. The fourth-order valence-corrected chi connectivity index (χ4v) is 5.90. The number of nitrogens with zero attached hydrogens (tertiary/aromatic N) is 2. The van der Waals surface area contributed by atoms with Crippen molar-refractivity contribution in [2.24, 2.45) is 4.99 Å². The van der Waals surface area contributed by atoms with Gasteiger partial charge in [-0.15, -0.1) is 0 Å². The lowest BCUT2D eigenvalue weighted by atomic mass is 9.95. The topological polar surface area (TPSA) is 126 Å². The summed E-state index contributed by atoms with van der Waals surface area (Å²) in [4.78, 5) is 43.2. The largest absolute Gasteiger partial charge is 0.493 e. The number of carboxylic acid groups (broad SMARTS) is 1. The zero-order valence-corrected chi connectivity index (χ0v) is 25.3. The minimum absolute atomic E-state index is 0.176. The number of carbonyl (C=O) groups excluding carboxylic acids is 1. The van der Waals surface area contributed by atoms with E-state index in [2.05, 4.69) is 4.99 Å². The number of rotatable bonds is 10. The van der Waals surface area contributed by atoms with Gasteiger partial charge in [0.2, 0.25) is 0 Å². The van der Waals surface area contributed by atoms with Crippen LogP contribution in [0.2, 0.25) is 0 Å². The van der Waals surface area contributed by atoms with E-state index in [4.69, 9.17) is 24.1 Å². The van der Waals surface area contributed by atoms with Gasteiger partial charge in [0.1, 0.15) is 12.4 Å². The highest BCUT2D eigenvalue weighted by atomic mass is 32.1. The smallest absolute Gasteiger partial charge is 0.338 e. The van der Waals surface area contributed by atoms with Gasteiger partial charge in [0.05, 0.1) is 48.2 Å². The number of benzene rings is 3. The van der Waals surface area contributed by atoms with Gasteiger partial charge >= 0.3 is 11.9 Å². The lowest BCUT2D eigenvalue weighted by molar-refractivity contribution is -0.139. The summed E-state index contributed by atoms with van der Waals surface area (Å²) in [6, 6.07) is 18.2. The SMILES string of the molecule is CCOC(=O)C1=C(C)N=c2s/c(=C/c3ccc(OCc4ccc(C(=O)O)cc4)cc3)c(=O)n2[C@@H]1c1ccc(OC)c(OC)c1. The second-order valence-electron chi connectivity index (χ2n) is 9.78. The van der Waals surface area contributed by atoms with Gasteiger partial charge in [-0.25, -0.2) is 14.6 Å². The number of hydrogen-bond acceptors (Lipinski definition) is 9. The maximum absolute atomic E-state index is 13.9. The number of carbonyl (C=O) groups is 2. The van der Waals surface area contributed by atoms with Crippen LogP contribution in [-0.2, 0) is 16.1 Å². The molecule has 0 saturated heterocycles. The Labute approximate surface area is 256 Å². The van der Waals surface area contributed by atoms with Crippen LogP contribution in [-0.4, -0.2) is 42.4 Å². The molecule has 0 fully saturated rings. The second-order valence-corrected chi connectivity index (χ2v) is 10.8. The van der Waals surface area contributed by atoms with Gasteiger partial charge in [-0.2, -0.15) is 0 Å². The second kappa shape index (κ2) is 13.0. The summed E-state index contributed by atoms with van der Waals surface area (Å²) in [5, 5.41) is 9.06. The molecule has 1 aromatic heterocycles. The summed E-state index contributed by atoms with van der Waals surface area (Å²) in [6.07, 6.45) is 1.77. The molecule has 226 valence electrons. The third-order valence-electron chi connectivity index (χ3n) is 7.02. The summed E-state index contributed by atoms with van der Waals surface area (Å²) in [5.74, 6) is 0.0759. The van der Waals surface area contributed by atoms with Gasteiger partial charge in [0.25, 0.3) is 5.56 Å². The van der Waals surface area contributed by atoms with Gasteiger partial charge in [-0.05, 0) is 73.0 Å². The molecule has 1 N–H and O–H groups in total. The Kier molecular flexibility index (Phi) is 8.96. The molecule has 11 heteroatoms. The van der Waals surface area contributed by atoms with Crippen LogP contribution in [0, 0.1) is 0 Å². The fraction of sp³-hybridized carbons (Fsp3) is 0.212. The monoisotopic (exact) mass is 614 g/mol. The van der Waals surface area contributed by atoms with E-state index >= 15 is 0 Å². The molecule has 0 saturated carbocycles. The number of fused-ring (bicyclic) bond motifs is 1. The molecule has 0 unspecified atom stereocenters. The number of hydrogen-bond donors (Lipinski definition) is 1. The first-order chi connectivity index (χ1) is 21.2. The molecule has 0 spiro atoms. The fourth-order valence-electron chi connectivity index (χ4n) is 4.85. The molecule has 5 rings (SSSR count). The Bertz CT molecular complexity index is 1920. The lowest BCUT2D eigenvalue weighted by Gasteiger charge is -2.25. The van der Waals surface area contributed by atoms with E-state index < -0.39 is 18.0 Å². The molecule has 10 nitrogen and oxygen atoms in total. The maximum atomic E-state index is 13.9. The van der Waals surface area contributed by atoms with E-state index in [1.54, 1.807) is 62.4 Å². The number of esters is 1. The van der Waals surface area contributed by atoms with Gasteiger partial charge in [0.15, 0.2) is 16.3 Å². The molecular formula is C33H30N2O8S. The third kappa shape index (κ3) is 6.13. The van der Waals surface area contributed by atoms with Crippen molar-refractivity contribution in [3.8, 4) is 17.2 Å². The number of aromatic carboxylic acids is 1. The molecule has 2 heterocycles. The highest BCUT2D eigenvalue weighted by Gasteiger charge is 2.34. The maximum Gasteiger partial charge on any atom is 0.338 e. The normalized spacial score (nSPS) is 14.5. The van der Waals surface area contributed by atoms with Crippen LogP contribution in [0.1, 0.15) is 46.9 Å². The molecule has 3 aromatic carbocycles. The quantitative estimate of drug-likeness (QED) is 0.265. The van der Waals surface area contributed by atoms with E-state index in [-0.39, 0.29) is 29.9 Å². The van der Waals surface area contributed by atoms with Crippen molar-refractivity contribution >= 4 is 29.4 Å². The molecule has 44 heavy (non-hydrogen) atoms. The zero-order valence-electron chi connectivity index (χ0n) is 24.5. The van der Waals surface area contributed by atoms with Gasteiger partial charge < -0.3 is 24.1 Å². The first-order valence-corrected chi connectivity index (χ1v) is 14.5. The van der Waals surface area contributed by atoms with Crippen LogP contribution in [0.5, 0.6) is 17.2 Å². The van der Waals surface area contributed by atoms with E-state index in [1.807, 2.05) is 12.1 Å². The summed E-state index contributed by atoms with van der Waals surface area (Å²) in [7, 11) is 3.06. The summed E-state index contributed by atoms with van der Waals surface area (Å²) in [5.41, 5.74) is 2.91. The number of carboxylic acids is 1. The third-order valence-corrected chi connectivity index (χ3v) is 8.01. The molecular weight excluding hydrogens is 584 g/mol.